The number of fused-ring (bicyclic) bond motifs is 4. The number of nitrogens with zero attached hydrogens (tertiary/aromatic N) is 3. The van der Waals surface area contributed by atoms with E-state index in [0.29, 0.717) is 29.0 Å². The first-order chi connectivity index (χ1) is 12.5. The number of piperidine rings is 1. The Morgan fingerprint density at radius 3 is 2.65 bits per heavy atom. The Kier molecular flexibility index (Phi) is 4.86. The van der Waals surface area contributed by atoms with Gasteiger partial charge in [-0.05, 0) is 51.4 Å². The van der Waals surface area contributed by atoms with E-state index in [1.165, 1.54) is 38.6 Å². The van der Waals surface area contributed by atoms with Gasteiger partial charge in [0.2, 0.25) is 5.91 Å². The predicted octanol–water partition coefficient (Wildman–Crippen LogP) is 1.65. The van der Waals surface area contributed by atoms with Crippen molar-refractivity contribution in [1.82, 2.24) is 19.8 Å². The molecule has 1 N–H and O–H groups in total. The maximum absolute atomic E-state index is 13.0. The van der Waals surface area contributed by atoms with Gasteiger partial charge >= 0.3 is 0 Å². The van der Waals surface area contributed by atoms with Crippen molar-refractivity contribution in [3.05, 3.63) is 27.4 Å². The average molecular weight is 358 g/mol. The van der Waals surface area contributed by atoms with Crippen molar-refractivity contribution in [3.63, 3.8) is 0 Å². The molecule has 3 saturated heterocycles. The summed E-state index contributed by atoms with van der Waals surface area (Å²) in [6.45, 7) is 7.59. The van der Waals surface area contributed by atoms with E-state index >= 15 is 0 Å². The fourth-order valence-corrected chi connectivity index (χ4v) is 4.84. The second-order valence-electron chi connectivity index (χ2n) is 8.54. The highest BCUT2D eigenvalue weighted by atomic mass is 16.2. The summed E-state index contributed by atoms with van der Waals surface area (Å²) in [6, 6.07) is 0.494. The van der Waals surface area contributed by atoms with Gasteiger partial charge in [-0.15, -0.1) is 0 Å². The van der Waals surface area contributed by atoms with Crippen molar-refractivity contribution < 1.29 is 4.79 Å². The summed E-state index contributed by atoms with van der Waals surface area (Å²) < 4.78 is 0. The molecule has 3 aliphatic heterocycles. The van der Waals surface area contributed by atoms with Crippen LogP contribution in [0.4, 0.5) is 0 Å². The van der Waals surface area contributed by atoms with E-state index < -0.39 is 0 Å². The van der Waals surface area contributed by atoms with Crippen LogP contribution in [0.5, 0.6) is 0 Å². The second-order valence-corrected chi connectivity index (χ2v) is 8.54. The molecular formula is C20H30N4O2. The molecule has 6 heteroatoms. The molecule has 1 saturated carbocycles. The zero-order valence-electron chi connectivity index (χ0n) is 16.0. The Morgan fingerprint density at radius 2 is 1.96 bits per heavy atom. The van der Waals surface area contributed by atoms with E-state index in [1.807, 2.05) is 11.8 Å². The monoisotopic (exact) mass is 358 g/mol. The predicted molar refractivity (Wildman–Crippen MR) is 100 cm³/mol. The summed E-state index contributed by atoms with van der Waals surface area (Å²) in [4.78, 5) is 36.9. The summed E-state index contributed by atoms with van der Waals surface area (Å²) in [7, 11) is 0. The van der Waals surface area contributed by atoms with Gasteiger partial charge in [0.05, 0.1) is 6.42 Å². The maximum atomic E-state index is 13.0. The smallest absolute Gasteiger partial charge is 0.254 e. The fraction of sp³-hybridized carbons (Fsp3) is 0.750. The zero-order chi connectivity index (χ0) is 18.3. The van der Waals surface area contributed by atoms with Crippen LogP contribution in [0, 0.1) is 25.7 Å². The van der Waals surface area contributed by atoms with Crippen molar-refractivity contribution in [2.24, 2.45) is 11.8 Å². The highest BCUT2D eigenvalue weighted by Crippen LogP contribution is 2.33. The van der Waals surface area contributed by atoms with Gasteiger partial charge in [-0.1, -0.05) is 6.42 Å². The molecule has 4 heterocycles. The van der Waals surface area contributed by atoms with Gasteiger partial charge in [0.15, 0.2) is 0 Å². The molecule has 142 valence electrons. The first-order valence-corrected chi connectivity index (χ1v) is 10.1. The third-order valence-electron chi connectivity index (χ3n) is 6.57. The first-order valence-electron chi connectivity index (χ1n) is 10.1. The molecule has 26 heavy (non-hydrogen) atoms. The molecule has 1 aliphatic carbocycles. The average Bonchev–Trinajstić information content (AvgIpc) is 2.86. The van der Waals surface area contributed by atoms with Gasteiger partial charge in [-0.3, -0.25) is 14.5 Å². The molecule has 2 bridgehead atoms. The molecule has 0 unspecified atom stereocenters. The largest absolute Gasteiger partial charge is 0.341 e. The first kappa shape index (κ1) is 17.7. The Balaban J connectivity index is 1.45. The maximum Gasteiger partial charge on any atom is 0.254 e. The van der Waals surface area contributed by atoms with Crippen LogP contribution in [-0.4, -0.2) is 57.9 Å². The number of hydrogen-bond donors (Lipinski definition) is 1. The van der Waals surface area contributed by atoms with E-state index in [0.717, 1.165) is 25.6 Å². The van der Waals surface area contributed by atoms with Crippen LogP contribution in [0.3, 0.4) is 0 Å². The van der Waals surface area contributed by atoms with Crippen molar-refractivity contribution >= 4 is 5.91 Å². The summed E-state index contributed by atoms with van der Waals surface area (Å²) in [6.07, 6.45) is 6.72. The van der Waals surface area contributed by atoms with Crippen LogP contribution < -0.4 is 5.56 Å². The minimum absolute atomic E-state index is 0.0756. The Hall–Kier alpha value is -1.69. The number of aromatic nitrogens is 2. The van der Waals surface area contributed by atoms with Gasteiger partial charge in [0.25, 0.3) is 5.56 Å². The molecule has 4 fully saturated rings. The molecule has 1 amide bonds. The number of hydrogen-bond acceptors (Lipinski definition) is 4. The minimum Gasteiger partial charge on any atom is -0.341 e. The molecule has 2 atom stereocenters. The van der Waals surface area contributed by atoms with E-state index in [-0.39, 0.29) is 17.9 Å². The summed E-state index contributed by atoms with van der Waals surface area (Å²) >= 11 is 0. The van der Waals surface area contributed by atoms with Gasteiger partial charge in [0, 0.05) is 43.5 Å². The molecule has 6 nitrogen and oxygen atoms in total. The highest BCUT2D eigenvalue weighted by Gasteiger charge is 2.37. The van der Waals surface area contributed by atoms with Gasteiger partial charge in [-0.2, -0.15) is 0 Å². The van der Waals surface area contributed by atoms with Gasteiger partial charge in [-0.25, -0.2) is 4.98 Å². The van der Waals surface area contributed by atoms with Crippen LogP contribution in [0.15, 0.2) is 4.79 Å². The third kappa shape index (κ3) is 3.56. The number of aromatic amines is 1. The summed E-state index contributed by atoms with van der Waals surface area (Å²) in [5, 5.41) is 0. The SMILES string of the molecule is Cc1nc(C)c(CC(=O)N2C[C@@H]3CC[C@H](C2)N(CC2CCC2)C3)c(=O)[nH]1. The quantitative estimate of drug-likeness (QED) is 0.889. The highest BCUT2D eigenvalue weighted by molar-refractivity contribution is 5.79. The standard InChI is InChI=1S/C20H30N4O2/c1-13-18(20(26)22-14(2)21-13)8-19(25)24-11-16-6-7-17(12-24)23(10-16)9-15-4-3-5-15/h15-17H,3-12H2,1-2H3,(H,21,22,26)/t16-,17-/m1/s1. The van der Waals surface area contributed by atoms with Gasteiger partial charge in [0.1, 0.15) is 5.82 Å². The molecule has 4 aliphatic rings. The van der Waals surface area contributed by atoms with Crippen molar-refractivity contribution in [2.45, 2.75) is 58.4 Å². The van der Waals surface area contributed by atoms with Crippen molar-refractivity contribution in [1.29, 1.82) is 0 Å². The van der Waals surface area contributed by atoms with E-state index in [4.69, 9.17) is 0 Å². The van der Waals surface area contributed by atoms with Crippen LogP contribution in [0.2, 0.25) is 0 Å². The number of H-pyrrole nitrogens is 1. The van der Waals surface area contributed by atoms with Crippen LogP contribution in [0.25, 0.3) is 0 Å². The molecule has 5 rings (SSSR count). The normalized spacial score (nSPS) is 26.6. The second kappa shape index (κ2) is 7.14. The fourth-order valence-electron chi connectivity index (χ4n) is 4.84. The summed E-state index contributed by atoms with van der Waals surface area (Å²) in [5.41, 5.74) is 1.01. The topological polar surface area (TPSA) is 69.3 Å². The molecule has 0 spiro atoms. The number of aryl methyl sites for hydroxylation is 2. The number of carbonyl (C=O) groups is 1. The van der Waals surface area contributed by atoms with E-state index in [2.05, 4.69) is 14.9 Å². The number of rotatable bonds is 4. The Labute approximate surface area is 155 Å². The molecule has 1 aromatic rings. The van der Waals surface area contributed by atoms with E-state index in [9.17, 15) is 9.59 Å². The van der Waals surface area contributed by atoms with Crippen molar-refractivity contribution in [3.8, 4) is 0 Å². The number of nitrogens with one attached hydrogen (secondary N) is 1. The molecular weight excluding hydrogens is 328 g/mol. The molecule has 1 aromatic heterocycles. The number of amides is 1. The minimum atomic E-state index is -0.173. The lowest BCUT2D eigenvalue weighted by Crippen LogP contribution is -2.47. The van der Waals surface area contributed by atoms with Gasteiger partial charge < -0.3 is 9.88 Å². The molecule has 0 radical (unpaired) electrons. The van der Waals surface area contributed by atoms with E-state index in [1.54, 1.807) is 6.92 Å². The molecule has 0 aromatic carbocycles. The Morgan fingerprint density at radius 1 is 1.15 bits per heavy atom. The summed E-state index contributed by atoms with van der Waals surface area (Å²) in [5.74, 6) is 2.13. The lowest BCUT2D eigenvalue weighted by molar-refractivity contribution is -0.130. The third-order valence-corrected chi connectivity index (χ3v) is 6.57. The number of carbonyl (C=O) groups excluding carboxylic acids is 1. The van der Waals surface area contributed by atoms with Crippen LogP contribution >= 0.6 is 0 Å². The zero-order valence-corrected chi connectivity index (χ0v) is 16.0. The van der Waals surface area contributed by atoms with Crippen molar-refractivity contribution in [2.75, 3.05) is 26.2 Å². The van der Waals surface area contributed by atoms with Crippen LogP contribution in [-0.2, 0) is 11.2 Å². The Bertz CT molecular complexity index is 740. The lowest BCUT2D eigenvalue weighted by atomic mass is 9.83. The lowest BCUT2D eigenvalue weighted by Gasteiger charge is -2.40. The van der Waals surface area contributed by atoms with Crippen LogP contribution in [0.1, 0.15) is 49.2 Å².